The van der Waals surface area contributed by atoms with Crippen LogP contribution in [0.25, 0.3) is 0 Å². The third-order valence-corrected chi connectivity index (χ3v) is 1.69. The lowest BCUT2D eigenvalue weighted by molar-refractivity contribution is -0.229. The molecule has 0 aromatic carbocycles. The molecule has 0 rings (SSSR count). The lowest BCUT2D eigenvalue weighted by atomic mass is 9.75. The molecule has 2 N–H and O–H groups in total. The Labute approximate surface area is 72.0 Å². The molecule has 0 aromatic heterocycles. The van der Waals surface area contributed by atoms with Gasteiger partial charge in [0.25, 0.3) is 0 Å². The van der Waals surface area contributed by atoms with Crippen molar-refractivity contribution < 1.29 is 19.8 Å². The number of aliphatic hydroxyl groups is 1. The molecule has 0 saturated heterocycles. The maximum atomic E-state index is 9.07. The Kier molecular flexibility index (Phi) is 7.09. The molecule has 0 aliphatic rings. The monoisotopic (exact) mass is 180 g/mol. The van der Waals surface area contributed by atoms with Gasteiger partial charge in [0.2, 0.25) is 0 Å². The Bertz CT molecular complexity index is 94.6. The van der Waals surface area contributed by atoms with Crippen molar-refractivity contribution in [1.29, 1.82) is 0 Å². The first-order valence-corrected chi connectivity index (χ1v) is 4.03. The average molecular weight is 180 g/mol. The minimum atomic E-state index is -0.973. The van der Waals surface area contributed by atoms with Gasteiger partial charge in [0.05, 0.1) is 6.61 Å². The first-order valence-electron chi connectivity index (χ1n) is 3.40. The molecular weight excluding hydrogens is 167 g/mol. The molecule has 0 aromatic rings. The van der Waals surface area contributed by atoms with Gasteiger partial charge in [0.15, 0.2) is 0 Å². The van der Waals surface area contributed by atoms with E-state index in [4.69, 9.17) is 10.1 Å². The van der Waals surface area contributed by atoms with Gasteiger partial charge in [0, 0.05) is 5.82 Å². The van der Waals surface area contributed by atoms with Crippen LogP contribution in [0.2, 0.25) is 5.82 Å². The van der Waals surface area contributed by atoms with Crippen molar-refractivity contribution in [2.75, 3.05) is 19.0 Å². The van der Waals surface area contributed by atoms with Crippen LogP contribution < -0.4 is 0 Å². The second-order valence-corrected chi connectivity index (χ2v) is 2.56. The highest BCUT2D eigenvalue weighted by atomic mass is 32.1. The van der Waals surface area contributed by atoms with E-state index in [0.29, 0.717) is 5.75 Å². The van der Waals surface area contributed by atoms with E-state index in [1.54, 1.807) is 6.92 Å². The minimum Gasteiger partial charge on any atom is -0.425 e. The fraction of sp³-hybridized carbons (Fsp3) is 1.00. The van der Waals surface area contributed by atoms with E-state index in [9.17, 15) is 0 Å². The molecule has 4 nitrogen and oxygen atoms in total. The molecule has 1 unspecified atom stereocenters. The van der Waals surface area contributed by atoms with E-state index in [1.807, 2.05) is 0 Å². The molecule has 0 fully saturated rings. The lowest BCUT2D eigenvalue weighted by Gasteiger charge is -2.10. The predicted octanol–water partition coefficient (Wildman–Crippen LogP) is -0.273. The normalized spacial score (nSPS) is 13.1. The summed E-state index contributed by atoms with van der Waals surface area (Å²) in [6.07, 6.45) is 0. The molecule has 0 amide bonds. The Morgan fingerprint density at radius 2 is 2.27 bits per heavy atom. The molecule has 0 aliphatic heterocycles. The zero-order chi connectivity index (χ0) is 8.69. The quantitative estimate of drug-likeness (QED) is 0.173. The summed E-state index contributed by atoms with van der Waals surface area (Å²) < 4.78 is 0. The molecule has 0 bridgehead atoms. The van der Waals surface area contributed by atoms with Gasteiger partial charge in [-0.2, -0.15) is 12.6 Å². The lowest BCUT2D eigenvalue weighted by Crippen LogP contribution is -2.25. The van der Waals surface area contributed by atoms with Crippen molar-refractivity contribution in [2.24, 2.45) is 0 Å². The molecule has 11 heavy (non-hydrogen) atoms. The van der Waals surface area contributed by atoms with Crippen LogP contribution in [-0.4, -0.2) is 36.2 Å². The second-order valence-electron chi connectivity index (χ2n) is 2.19. The summed E-state index contributed by atoms with van der Waals surface area (Å²) in [5, 5.41) is 17.3. The van der Waals surface area contributed by atoms with Gasteiger partial charge >= 0.3 is 7.12 Å². The van der Waals surface area contributed by atoms with E-state index in [0.717, 1.165) is 0 Å². The Morgan fingerprint density at radius 1 is 1.64 bits per heavy atom. The van der Waals surface area contributed by atoms with Gasteiger partial charge in [-0.3, -0.25) is 4.81 Å². The summed E-state index contributed by atoms with van der Waals surface area (Å²) in [4.78, 5) is 8.92. The molecule has 1 atom stereocenters. The standard InChI is InChI=1S/C5H13BO4S/c1-5(4-11)6(8)10-9-3-2-7/h5,7-8,11H,2-4H2,1H3. The number of thiol groups is 1. The van der Waals surface area contributed by atoms with Crippen molar-refractivity contribution in [2.45, 2.75) is 12.7 Å². The van der Waals surface area contributed by atoms with Gasteiger partial charge in [-0.25, -0.2) is 4.89 Å². The van der Waals surface area contributed by atoms with Gasteiger partial charge in [-0.05, 0) is 5.75 Å². The molecule has 66 valence electrons. The van der Waals surface area contributed by atoms with Crippen LogP contribution >= 0.6 is 12.6 Å². The highest BCUT2D eigenvalue weighted by molar-refractivity contribution is 7.80. The zero-order valence-electron chi connectivity index (χ0n) is 6.43. The largest absolute Gasteiger partial charge is 0.491 e. The molecular formula is C5H13BO4S. The first-order chi connectivity index (χ1) is 5.22. The summed E-state index contributed by atoms with van der Waals surface area (Å²) >= 11 is 3.95. The number of aliphatic hydroxyl groups excluding tert-OH is 1. The van der Waals surface area contributed by atoms with Gasteiger partial charge < -0.3 is 10.1 Å². The van der Waals surface area contributed by atoms with Crippen LogP contribution in [0.3, 0.4) is 0 Å². The number of hydrogen-bond acceptors (Lipinski definition) is 5. The molecule has 0 aliphatic carbocycles. The van der Waals surface area contributed by atoms with E-state index in [1.165, 1.54) is 0 Å². The number of rotatable bonds is 6. The van der Waals surface area contributed by atoms with Gasteiger partial charge in [-0.1, -0.05) is 6.92 Å². The average Bonchev–Trinajstić information content (AvgIpc) is 2.03. The van der Waals surface area contributed by atoms with Crippen LogP contribution in [0, 0.1) is 0 Å². The third-order valence-electron chi connectivity index (χ3n) is 1.12. The van der Waals surface area contributed by atoms with E-state index < -0.39 is 7.12 Å². The summed E-state index contributed by atoms with van der Waals surface area (Å²) in [7, 11) is -0.973. The highest BCUT2D eigenvalue weighted by Gasteiger charge is 2.22. The fourth-order valence-electron chi connectivity index (χ4n) is 0.340. The highest BCUT2D eigenvalue weighted by Crippen LogP contribution is 2.09. The molecule has 0 heterocycles. The van der Waals surface area contributed by atoms with Crippen LogP contribution in [0.15, 0.2) is 0 Å². The van der Waals surface area contributed by atoms with Gasteiger partial charge in [-0.15, -0.1) is 0 Å². The van der Waals surface area contributed by atoms with Crippen LogP contribution in [-0.2, 0) is 9.69 Å². The van der Waals surface area contributed by atoms with Crippen molar-refractivity contribution in [3.63, 3.8) is 0 Å². The zero-order valence-corrected chi connectivity index (χ0v) is 7.33. The Hall–Kier alpha value is 0.255. The molecule has 0 saturated carbocycles. The number of hydrogen-bond donors (Lipinski definition) is 3. The van der Waals surface area contributed by atoms with Crippen LogP contribution in [0.5, 0.6) is 0 Å². The minimum absolute atomic E-state index is 0.0658. The third kappa shape index (κ3) is 5.52. The van der Waals surface area contributed by atoms with Gasteiger partial charge in [0.1, 0.15) is 6.61 Å². The Balaban J connectivity index is 3.28. The van der Waals surface area contributed by atoms with Crippen molar-refractivity contribution in [3.8, 4) is 0 Å². The SMILES string of the molecule is CC(CS)B(O)OOCCO. The Morgan fingerprint density at radius 3 is 2.73 bits per heavy atom. The van der Waals surface area contributed by atoms with Crippen molar-refractivity contribution in [3.05, 3.63) is 0 Å². The molecule has 6 heteroatoms. The van der Waals surface area contributed by atoms with E-state index >= 15 is 0 Å². The van der Waals surface area contributed by atoms with E-state index in [-0.39, 0.29) is 19.0 Å². The molecule has 0 spiro atoms. The summed E-state index contributed by atoms with van der Waals surface area (Å²) in [5.74, 6) is 0.431. The summed E-state index contributed by atoms with van der Waals surface area (Å²) in [6.45, 7) is 1.72. The smallest absolute Gasteiger partial charge is 0.425 e. The maximum Gasteiger partial charge on any atom is 0.491 e. The topological polar surface area (TPSA) is 58.9 Å². The molecule has 0 radical (unpaired) electrons. The fourth-order valence-corrected chi connectivity index (χ4v) is 0.520. The maximum absolute atomic E-state index is 9.07. The first kappa shape index (κ1) is 11.3. The van der Waals surface area contributed by atoms with Crippen molar-refractivity contribution in [1.82, 2.24) is 0 Å². The summed E-state index contributed by atoms with van der Waals surface area (Å²) in [5.41, 5.74) is 0. The second kappa shape index (κ2) is 6.93. The van der Waals surface area contributed by atoms with Crippen LogP contribution in [0.4, 0.5) is 0 Å². The predicted molar refractivity (Wildman–Crippen MR) is 45.4 cm³/mol. The van der Waals surface area contributed by atoms with E-state index in [2.05, 4.69) is 22.3 Å². The van der Waals surface area contributed by atoms with Crippen molar-refractivity contribution >= 4 is 19.7 Å². The summed E-state index contributed by atoms with van der Waals surface area (Å²) in [6, 6.07) is 0. The van der Waals surface area contributed by atoms with Crippen LogP contribution in [0.1, 0.15) is 6.92 Å².